The number of carbonyl (C=O) groups is 1. The van der Waals surface area contributed by atoms with Gasteiger partial charge in [-0.3, -0.25) is 4.79 Å². The first kappa shape index (κ1) is 14.4. The van der Waals surface area contributed by atoms with Crippen LogP contribution in [0.5, 0.6) is 0 Å². The Bertz CT molecular complexity index is 347. The van der Waals surface area contributed by atoms with Gasteiger partial charge in [-0.1, -0.05) is 13.8 Å². The summed E-state index contributed by atoms with van der Waals surface area (Å²) in [5.41, 5.74) is -0.535. The van der Waals surface area contributed by atoms with Gasteiger partial charge in [-0.05, 0) is 35.9 Å². The van der Waals surface area contributed by atoms with Crippen LogP contribution in [0.4, 0.5) is 13.2 Å². The van der Waals surface area contributed by atoms with Crippen LogP contribution in [0.2, 0.25) is 0 Å². The van der Waals surface area contributed by atoms with Crippen molar-refractivity contribution in [2.24, 2.45) is 17.3 Å². The van der Waals surface area contributed by atoms with Crippen LogP contribution in [0.25, 0.3) is 0 Å². The van der Waals surface area contributed by atoms with Crippen molar-refractivity contribution < 1.29 is 22.7 Å². The Morgan fingerprint density at radius 2 is 2.00 bits per heavy atom. The third-order valence-electron chi connectivity index (χ3n) is 3.07. The first-order chi connectivity index (χ1) is 7.62. The second-order valence-electron chi connectivity index (χ2n) is 4.59. The van der Waals surface area contributed by atoms with Gasteiger partial charge in [-0.15, -0.1) is 0 Å². The lowest BCUT2D eigenvalue weighted by Crippen LogP contribution is -2.15. The normalized spacial score (nSPS) is 27.8. The van der Waals surface area contributed by atoms with Gasteiger partial charge in [-0.2, -0.15) is 13.2 Å². The first-order valence-corrected chi connectivity index (χ1v) is 5.61. The standard InChI is InChI=1S/C11H14ClF3O2/c1-4-17-7(11(13,14)15)5-6-8(9(12)16)10(6,2)3/h5-6,8H,4H2,1-3H3/b7-5-. The number of rotatable bonds is 4. The summed E-state index contributed by atoms with van der Waals surface area (Å²) >= 11 is 5.34. The van der Waals surface area contributed by atoms with Crippen LogP contribution in [0.15, 0.2) is 11.8 Å². The highest BCUT2D eigenvalue weighted by atomic mass is 35.5. The van der Waals surface area contributed by atoms with Gasteiger partial charge in [0.2, 0.25) is 5.24 Å². The highest BCUT2D eigenvalue weighted by Gasteiger charge is 2.61. The summed E-state index contributed by atoms with van der Waals surface area (Å²) in [5.74, 6) is -2.13. The third kappa shape index (κ3) is 2.94. The molecule has 17 heavy (non-hydrogen) atoms. The zero-order chi connectivity index (χ0) is 13.4. The van der Waals surface area contributed by atoms with E-state index in [-0.39, 0.29) is 6.61 Å². The zero-order valence-corrected chi connectivity index (χ0v) is 10.5. The molecule has 1 fully saturated rings. The number of hydrogen-bond donors (Lipinski definition) is 0. The molecular formula is C11H14ClF3O2. The van der Waals surface area contributed by atoms with Crippen molar-refractivity contribution >= 4 is 16.8 Å². The Hall–Kier alpha value is -0.710. The molecule has 0 saturated heterocycles. The number of alkyl halides is 3. The fraction of sp³-hybridized carbons (Fsp3) is 0.727. The van der Waals surface area contributed by atoms with Gasteiger partial charge in [0.05, 0.1) is 6.61 Å². The predicted octanol–water partition coefficient (Wildman–Crippen LogP) is 3.51. The minimum atomic E-state index is -4.53. The summed E-state index contributed by atoms with van der Waals surface area (Å²) in [7, 11) is 0. The van der Waals surface area contributed by atoms with Gasteiger partial charge in [0, 0.05) is 5.92 Å². The van der Waals surface area contributed by atoms with E-state index in [0.717, 1.165) is 6.08 Å². The van der Waals surface area contributed by atoms with Crippen molar-refractivity contribution in [3.63, 3.8) is 0 Å². The zero-order valence-electron chi connectivity index (χ0n) is 9.77. The van der Waals surface area contributed by atoms with Crippen LogP contribution < -0.4 is 0 Å². The number of hydrogen-bond acceptors (Lipinski definition) is 2. The molecule has 98 valence electrons. The molecule has 0 radical (unpaired) electrons. The van der Waals surface area contributed by atoms with E-state index in [1.807, 2.05) is 0 Å². The molecule has 1 saturated carbocycles. The van der Waals surface area contributed by atoms with E-state index >= 15 is 0 Å². The summed E-state index contributed by atoms with van der Waals surface area (Å²) in [6, 6.07) is 0. The summed E-state index contributed by atoms with van der Waals surface area (Å²) in [6.45, 7) is 4.82. The number of ether oxygens (including phenoxy) is 1. The number of halogens is 4. The molecule has 0 spiro atoms. The summed E-state index contributed by atoms with van der Waals surface area (Å²) in [5, 5.41) is -0.603. The van der Waals surface area contributed by atoms with Crippen molar-refractivity contribution in [3.8, 4) is 0 Å². The molecule has 1 rings (SSSR count). The summed E-state index contributed by atoms with van der Waals surface area (Å²) in [4.78, 5) is 11.0. The first-order valence-electron chi connectivity index (χ1n) is 5.23. The molecule has 2 nitrogen and oxygen atoms in total. The van der Waals surface area contributed by atoms with Gasteiger partial charge in [0.25, 0.3) is 0 Å². The summed E-state index contributed by atoms with van der Waals surface area (Å²) in [6.07, 6.45) is -3.57. The molecule has 0 amide bonds. The average Bonchev–Trinajstić information content (AvgIpc) is 2.65. The molecular weight excluding hydrogens is 257 g/mol. The smallest absolute Gasteiger partial charge is 0.448 e. The minimum Gasteiger partial charge on any atom is -0.489 e. The van der Waals surface area contributed by atoms with E-state index < -0.39 is 34.4 Å². The Labute approximate surface area is 103 Å². The Morgan fingerprint density at radius 1 is 1.47 bits per heavy atom. The van der Waals surface area contributed by atoms with Crippen LogP contribution in [0.1, 0.15) is 20.8 Å². The van der Waals surface area contributed by atoms with Crippen molar-refractivity contribution in [2.45, 2.75) is 26.9 Å². The third-order valence-corrected chi connectivity index (χ3v) is 3.30. The molecule has 0 bridgehead atoms. The van der Waals surface area contributed by atoms with Crippen molar-refractivity contribution in [1.82, 2.24) is 0 Å². The predicted molar refractivity (Wildman–Crippen MR) is 57.4 cm³/mol. The SMILES string of the molecule is CCO/C(=C\C1C(C(=O)Cl)C1(C)C)C(F)(F)F. The van der Waals surface area contributed by atoms with E-state index in [0.29, 0.717) is 0 Å². The van der Waals surface area contributed by atoms with Crippen molar-refractivity contribution in [1.29, 1.82) is 0 Å². The fourth-order valence-corrected chi connectivity index (χ4v) is 2.38. The molecule has 0 heterocycles. The maximum atomic E-state index is 12.6. The van der Waals surface area contributed by atoms with Crippen LogP contribution in [0, 0.1) is 17.3 Å². The monoisotopic (exact) mass is 270 g/mol. The number of carbonyl (C=O) groups excluding carboxylic acids is 1. The lowest BCUT2D eigenvalue weighted by Gasteiger charge is -2.12. The fourth-order valence-electron chi connectivity index (χ4n) is 1.97. The maximum absolute atomic E-state index is 12.6. The van der Waals surface area contributed by atoms with Crippen molar-refractivity contribution in [3.05, 3.63) is 11.8 Å². The molecule has 0 aromatic heterocycles. The van der Waals surface area contributed by atoms with Gasteiger partial charge < -0.3 is 4.74 Å². The van der Waals surface area contributed by atoms with Gasteiger partial charge in [0.15, 0.2) is 5.76 Å². The molecule has 0 aromatic carbocycles. The molecule has 0 N–H and O–H groups in total. The minimum absolute atomic E-state index is 0.0714. The Kier molecular flexibility index (Phi) is 3.81. The maximum Gasteiger partial charge on any atom is 0.448 e. The van der Waals surface area contributed by atoms with Gasteiger partial charge >= 0.3 is 6.18 Å². The Balaban J connectivity index is 2.91. The summed E-state index contributed by atoms with van der Waals surface area (Å²) < 4.78 is 42.3. The molecule has 1 aliphatic rings. The average molecular weight is 271 g/mol. The van der Waals surface area contributed by atoms with E-state index in [1.54, 1.807) is 13.8 Å². The van der Waals surface area contributed by atoms with Gasteiger partial charge in [-0.25, -0.2) is 0 Å². The molecule has 1 aliphatic carbocycles. The quantitative estimate of drug-likeness (QED) is 0.577. The highest BCUT2D eigenvalue weighted by Crippen LogP contribution is 2.60. The van der Waals surface area contributed by atoms with E-state index in [9.17, 15) is 18.0 Å². The topological polar surface area (TPSA) is 26.3 Å². The van der Waals surface area contributed by atoms with Gasteiger partial charge in [0.1, 0.15) is 0 Å². The lowest BCUT2D eigenvalue weighted by molar-refractivity contribution is -0.130. The van der Waals surface area contributed by atoms with Crippen LogP contribution in [-0.2, 0) is 9.53 Å². The van der Waals surface area contributed by atoms with Crippen LogP contribution >= 0.6 is 11.6 Å². The number of allylic oxidation sites excluding steroid dienone is 2. The molecule has 6 heteroatoms. The van der Waals surface area contributed by atoms with E-state index in [4.69, 9.17) is 11.6 Å². The van der Waals surface area contributed by atoms with E-state index in [2.05, 4.69) is 4.74 Å². The second-order valence-corrected chi connectivity index (χ2v) is 4.96. The largest absolute Gasteiger partial charge is 0.489 e. The molecule has 0 aromatic rings. The molecule has 2 atom stereocenters. The van der Waals surface area contributed by atoms with E-state index in [1.165, 1.54) is 6.92 Å². The highest BCUT2D eigenvalue weighted by molar-refractivity contribution is 6.64. The second kappa shape index (κ2) is 4.52. The molecule has 0 aliphatic heterocycles. The Morgan fingerprint density at radius 3 is 2.29 bits per heavy atom. The lowest BCUT2D eigenvalue weighted by atomic mass is 10.1. The van der Waals surface area contributed by atoms with Crippen LogP contribution in [-0.4, -0.2) is 18.0 Å². The van der Waals surface area contributed by atoms with Crippen LogP contribution in [0.3, 0.4) is 0 Å². The van der Waals surface area contributed by atoms with Crippen molar-refractivity contribution in [2.75, 3.05) is 6.61 Å². The molecule has 2 unspecified atom stereocenters.